The second-order valence-electron chi connectivity index (χ2n) is 8.45. The number of azo groups is 2. The molecule has 0 bridgehead atoms. The van der Waals surface area contributed by atoms with Crippen LogP contribution in [0.25, 0.3) is 11.1 Å². The van der Waals surface area contributed by atoms with Crippen molar-refractivity contribution in [2.75, 3.05) is 0 Å². The summed E-state index contributed by atoms with van der Waals surface area (Å²) < 4.78 is 41.1. The Bertz CT molecular complexity index is 1940. The molecule has 0 unspecified atom stereocenters. The molecule has 0 aromatic heterocycles. The van der Waals surface area contributed by atoms with Crippen LogP contribution in [-0.4, -0.2) is 45.3 Å². The molecule has 46 heavy (non-hydrogen) atoms. The summed E-state index contributed by atoms with van der Waals surface area (Å²) in [6.07, 6.45) is 0. The molecule has 0 radical (unpaired) electrons. The van der Waals surface area contributed by atoms with Crippen LogP contribution in [0.15, 0.2) is 103 Å². The molecule has 0 aliphatic rings. The van der Waals surface area contributed by atoms with Crippen LogP contribution < -0.4 is 64.4 Å². The van der Waals surface area contributed by atoms with Crippen LogP contribution in [0.3, 0.4) is 0 Å². The Morgan fingerprint density at radius 2 is 1.09 bits per heavy atom. The molecule has 16 nitrogen and oxygen atoms in total. The fraction of sp³-hybridized carbons (Fsp3) is 0. The maximum absolute atomic E-state index is 12.2. The van der Waals surface area contributed by atoms with Crippen molar-refractivity contribution in [2.24, 2.45) is 20.5 Å². The van der Waals surface area contributed by atoms with Gasteiger partial charge in [-0.05, 0) is 66.2 Å². The van der Waals surface area contributed by atoms with Crippen LogP contribution >= 0.6 is 12.0 Å². The van der Waals surface area contributed by atoms with Crippen molar-refractivity contribution in [3.05, 3.63) is 83.9 Å². The molecular formula is C26H16N4Na2O12S2. The molecule has 0 heterocycles. The molecule has 0 saturated heterocycles. The van der Waals surface area contributed by atoms with Gasteiger partial charge < -0.3 is 30.2 Å². The molecule has 0 spiro atoms. The number of hydrogen-bond acceptors (Lipinski definition) is 15. The van der Waals surface area contributed by atoms with Gasteiger partial charge in [0.2, 0.25) is 0 Å². The van der Waals surface area contributed by atoms with E-state index in [0.717, 1.165) is 30.3 Å². The first-order chi connectivity index (χ1) is 20.9. The minimum Gasteiger partial charge on any atom is -0.744 e. The van der Waals surface area contributed by atoms with Gasteiger partial charge in [0, 0.05) is 10.5 Å². The van der Waals surface area contributed by atoms with Gasteiger partial charge >= 0.3 is 71.1 Å². The van der Waals surface area contributed by atoms with Crippen molar-refractivity contribution in [3.8, 4) is 22.6 Å². The van der Waals surface area contributed by atoms with Gasteiger partial charge in [0.05, 0.1) is 39.7 Å². The van der Waals surface area contributed by atoms with Gasteiger partial charge in [0.25, 0.3) is 0 Å². The fourth-order valence-corrected chi connectivity index (χ4v) is 4.91. The number of aromatic hydroxyl groups is 2. The average molecular weight is 687 g/mol. The summed E-state index contributed by atoms with van der Waals surface area (Å²) in [5.41, 5.74) is -0.757. The summed E-state index contributed by atoms with van der Waals surface area (Å²) >= 11 is 0.368. The number of carboxylic acid groups (broad SMARTS) is 2. The summed E-state index contributed by atoms with van der Waals surface area (Å²) in [6.45, 7) is 0. The van der Waals surface area contributed by atoms with Gasteiger partial charge in [-0.15, -0.1) is 0 Å². The van der Waals surface area contributed by atoms with Gasteiger partial charge in [0.15, 0.2) is 0 Å². The van der Waals surface area contributed by atoms with Crippen LogP contribution in [0.1, 0.15) is 20.7 Å². The van der Waals surface area contributed by atoms with E-state index in [2.05, 4.69) is 29.8 Å². The van der Waals surface area contributed by atoms with E-state index in [-0.39, 0.29) is 97.9 Å². The summed E-state index contributed by atoms with van der Waals surface area (Å²) in [5.74, 6) is -3.77. The Morgan fingerprint density at radius 1 is 0.674 bits per heavy atom. The van der Waals surface area contributed by atoms with E-state index in [1.165, 1.54) is 42.5 Å². The topological polar surface area (TPSA) is 263 Å². The number of benzene rings is 4. The molecule has 0 fully saturated rings. The Hall–Kier alpha value is -3.24. The van der Waals surface area contributed by atoms with Gasteiger partial charge in [-0.3, -0.25) is 5.04 Å². The minimum absolute atomic E-state index is 0. The summed E-state index contributed by atoms with van der Waals surface area (Å²) in [7, 11) is -5.13. The van der Waals surface area contributed by atoms with Crippen LogP contribution in [0, 0.1) is 0 Å². The zero-order chi connectivity index (χ0) is 32.0. The number of rotatable bonds is 11. The van der Waals surface area contributed by atoms with Crippen LogP contribution in [-0.2, 0) is 19.5 Å². The van der Waals surface area contributed by atoms with E-state index in [1.807, 2.05) is 0 Å². The SMILES string of the molecule is O=C(O)c1cc(N=Nc2ccc(-c3ccc(N=Nc4ccc(O)c(C(=O)O)c4)cc3S(=O)(=O)[O-])c(SOO[O-])c2)ccc1O.[Na+].[Na+]. The molecule has 0 amide bonds. The molecule has 0 atom stereocenters. The van der Waals surface area contributed by atoms with Crippen LogP contribution in [0.4, 0.5) is 22.7 Å². The second-order valence-corrected chi connectivity index (χ2v) is 10.5. The average Bonchev–Trinajstić information content (AvgIpc) is 2.98. The van der Waals surface area contributed by atoms with Crippen LogP contribution in [0.5, 0.6) is 11.5 Å². The molecular weight excluding hydrogens is 670 g/mol. The van der Waals surface area contributed by atoms with E-state index in [4.69, 9.17) is 10.2 Å². The van der Waals surface area contributed by atoms with Crippen molar-refractivity contribution >= 4 is 56.8 Å². The molecule has 0 saturated carbocycles. The Balaban J connectivity index is 0.00000368. The molecule has 4 aromatic carbocycles. The van der Waals surface area contributed by atoms with E-state index in [0.29, 0.717) is 12.0 Å². The molecule has 0 aliphatic heterocycles. The maximum atomic E-state index is 12.2. The third-order valence-corrected chi connectivity index (χ3v) is 7.14. The second kappa shape index (κ2) is 17.1. The summed E-state index contributed by atoms with van der Waals surface area (Å²) in [5, 5.41) is 67.1. The summed E-state index contributed by atoms with van der Waals surface area (Å²) in [6, 6.07) is 14.4. The van der Waals surface area contributed by atoms with Gasteiger partial charge in [-0.25, -0.2) is 18.0 Å². The molecule has 4 N–H and O–H groups in total. The first kappa shape index (κ1) is 38.9. The van der Waals surface area contributed by atoms with Gasteiger partial charge in [0.1, 0.15) is 32.7 Å². The van der Waals surface area contributed by atoms with Crippen molar-refractivity contribution in [3.63, 3.8) is 0 Å². The number of carboxylic acids is 2. The van der Waals surface area contributed by atoms with E-state index >= 15 is 0 Å². The first-order valence-electron chi connectivity index (χ1n) is 11.7. The fourth-order valence-electron chi connectivity index (χ4n) is 3.66. The third-order valence-electron chi connectivity index (χ3n) is 5.62. The van der Waals surface area contributed by atoms with E-state index < -0.39 is 49.6 Å². The van der Waals surface area contributed by atoms with Gasteiger partial charge in [-0.1, -0.05) is 12.1 Å². The smallest absolute Gasteiger partial charge is 0.744 e. The molecule has 20 heteroatoms. The van der Waals surface area contributed by atoms with Crippen molar-refractivity contribution in [1.82, 2.24) is 0 Å². The Morgan fingerprint density at radius 3 is 1.52 bits per heavy atom. The minimum atomic E-state index is -5.13. The molecule has 4 rings (SSSR count). The predicted molar refractivity (Wildman–Crippen MR) is 146 cm³/mol. The molecule has 226 valence electrons. The Labute approximate surface area is 307 Å². The van der Waals surface area contributed by atoms with Crippen molar-refractivity contribution in [1.29, 1.82) is 0 Å². The zero-order valence-corrected chi connectivity index (χ0v) is 29.2. The molecule has 4 aromatic rings. The van der Waals surface area contributed by atoms with E-state index in [9.17, 15) is 38.0 Å². The van der Waals surface area contributed by atoms with E-state index in [1.54, 1.807) is 0 Å². The number of nitrogens with zero attached hydrogens (tertiary/aromatic N) is 4. The standard InChI is InChI=1S/C26H18N4O12S2.2Na/c31-21-7-3-13(9-19(21)25(33)34)27-29-15-1-5-17(23(11-15)43-42-41-37)18-6-2-16(12-24(18)44(38,39)40)30-28-14-4-8-22(32)20(10-14)26(35)36;;/h1-12,31-32,37H,(H,33,34)(H,35,36)(H,38,39,40);;/q;2*+1/p-2. The normalized spacial score (nSPS) is 11.3. The van der Waals surface area contributed by atoms with Gasteiger partial charge in [-0.2, -0.15) is 24.8 Å². The first-order valence-corrected chi connectivity index (χ1v) is 13.9. The third kappa shape index (κ3) is 9.88. The number of aromatic carboxylic acids is 2. The Kier molecular flexibility index (Phi) is 14.4. The predicted octanol–water partition coefficient (Wildman–Crippen LogP) is -0.865. The summed E-state index contributed by atoms with van der Waals surface area (Å²) in [4.78, 5) is 21.8. The number of hydrogen-bond donors (Lipinski definition) is 4. The number of phenols is 2. The zero-order valence-electron chi connectivity index (χ0n) is 23.6. The number of carbonyl (C=O) groups is 2. The monoisotopic (exact) mass is 686 g/mol. The largest absolute Gasteiger partial charge is 1.00 e. The quantitative estimate of drug-likeness (QED) is 0.0374. The van der Waals surface area contributed by atoms with Crippen LogP contribution in [0.2, 0.25) is 0 Å². The molecule has 0 aliphatic carbocycles. The van der Waals surface area contributed by atoms with Crippen molar-refractivity contribution in [2.45, 2.75) is 9.79 Å². The maximum Gasteiger partial charge on any atom is 1.00 e. The van der Waals surface area contributed by atoms with Crippen molar-refractivity contribution < 1.29 is 117 Å².